The molecule has 0 bridgehead atoms. The standard InChI is InChI=1S/C10H20N2O2S/c1-8(9(11)15)12(2)7-10(13)3-5-14-6-4-10/h8,13H,3-7H2,1-2H3,(H2,11,15). The number of thiocarbonyl (C=S) groups is 1. The van der Waals surface area contributed by atoms with Gasteiger partial charge in [0.25, 0.3) is 0 Å². The van der Waals surface area contributed by atoms with E-state index < -0.39 is 5.60 Å². The van der Waals surface area contributed by atoms with Crippen LogP contribution in [0.25, 0.3) is 0 Å². The molecule has 1 rings (SSSR count). The van der Waals surface area contributed by atoms with Gasteiger partial charge in [-0.25, -0.2) is 0 Å². The minimum Gasteiger partial charge on any atom is -0.392 e. The van der Waals surface area contributed by atoms with Crippen LogP contribution in [-0.2, 0) is 4.74 Å². The predicted octanol–water partition coefficient (Wildman–Crippen LogP) is 0.134. The zero-order valence-corrected chi connectivity index (χ0v) is 10.2. The van der Waals surface area contributed by atoms with Crippen LogP contribution in [0, 0.1) is 0 Å². The minimum absolute atomic E-state index is 0.0202. The van der Waals surface area contributed by atoms with Crippen molar-refractivity contribution in [2.75, 3.05) is 26.8 Å². The molecule has 1 heterocycles. The summed E-state index contributed by atoms with van der Waals surface area (Å²) in [6, 6.07) is 0.0202. The SMILES string of the molecule is CC(C(N)=S)N(C)CC1(O)CCOCC1. The Morgan fingerprint density at radius 2 is 2.13 bits per heavy atom. The topological polar surface area (TPSA) is 58.7 Å². The molecule has 5 heteroatoms. The summed E-state index contributed by atoms with van der Waals surface area (Å²) in [5.74, 6) is 0. The smallest absolute Gasteiger partial charge is 0.0899 e. The van der Waals surface area contributed by atoms with Crippen molar-refractivity contribution in [1.29, 1.82) is 0 Å². The fourth-order valence-corrected chi connectivity index (χ4v) is 1.91. The van der Waals surface area contributed by atoms with Gasteiger partial charge in [0.1, 0.15) is 0 Å². The van der Waals surface area contributed by atoms with E-state index in [0.717, 1.165) is 0 Å². The van der Waals surface area contributed by atoms with Crippen molar-refractivity contribution >= 4 is 17.2 Å². The Morgan fingerprint density at radius 1 is 1.60 bits per heavy atom. The molecule has 88 valence electrons. The van der Waals surface area contributed by atoms with Crippen LogP contribution in [0.3, 0.4) is 0 Å². The Kier molecular flexibility index (Phi) is 4.45. The summed E-state index contributed by atoms with van der Waals surface area (Å²) in [7, 11) is 1.93. The monoisotopic (exact) mass is 232 g/mol. The maximum Gasteiger partial charge on any atom is 0.0899 e. The van der Waals surface area contributed by atoms with E-state index in [0.29, 0.717) is 37.6 Å². The summed E-state index contributed by atoms with van der Waals surface area (Å²) < 4.78 is 5.23. The zero-order valence-electron chi connectivity index (χ0n) is 9.40. The quantitative estimate of drug-likeness (QED) is 0.675. The molecule has 0 amide bonds. The van der Waals surface area contributed by atoms with Gasteiger partial charge < -0.3 is 15.6 Å². The zero-order chi connectivity index (χ0) is 11.5. The normalized spacial score (nSPS) is 22.7. The highest BCUT2D eigenvalue weighted by atomic mass is 32.1. The summed E-state index contributed by atoms with van der Waals surface area (Å²) in [6.45, 7) is 3.80. The molecule has 3 N–H and O–H groups in total. The van der Waals surface area contributed by atoms with E-state index in [1.165, 1.54) is 0 Å². The van der Waals surface area contributed by atoms with E-state index in [1.807, 2.05) is 18.9 Å². The van der Waals surface area contributed by atoms with Crippen LogP contribution in [-0.4, -0.2) is 53.4 Å². The average Bonchev–Trinajstić information content (AvgIpc) is 2.16. The molecule has 0 aliphatic carbocycles. The van der Waals surface area contributed by atoms with E-state index >= 15 is 0 Å². The molecule has 0 spiro atoms. The third-order valence-electron chi connectivity index (χ3n) is 3.04. The molecule has 15 heavy (non-hydrogen) atoms. The number of likely N-dealkylation sites (N-methyl/N-ethyl adjacent to an activating group) is 1. The molecule has 0 saturated carbocycles. The number of nitrogens with two attached hydrogens (primary N) is 1. The van der Waals surface area contributed by atoms with E-state index in [9.17, 15) is 5.11 Å². The first-order valence-electron chi connectivity index (χ1n) is 5.24. The van der Waals surface area contributed by atoms with Gasteiger partial charge in [0.05, 0.1) is 16.6 Å². The molecule has 1 fully saturated rings. The Labute approximate surface area is 96.4 Å². The van der Waals surface area contributed by atoms with Crippen molar-refractivity contribution in [2.24, 2.45) is 5.73 Å². The number of hydrogen-bond acceptors (Lipinski definition) is 4. The largest absolute Gasteiger partial charge is 0.392 e. The lowest BCUT2D eigenvalue weighted by Gasteiger charge is -2.37. The first-order valence-corrected chi connectivity index (χ1v) is 5.65. The van der Waals surface area contributed by atoms with Gasteiger partial charge in [0.2, 0.25) is 0 Å². The van der Waals surface area contributed by atoms with Crippen molar-refractivity contribution in [3.8, 4) is 0 Å². The molecule has 1 saturated heterocycles. The Balaban J connectivity index is 2.48. The fourth-order valence-electron chi connectivity index (χ4n) is 1.73. The van der Waals surface area contributed by atoms with E-state index in [2.05, 4.69) is 0 Å². The second kappa shape index (κ2) is 5.21. The molecule has 0 aromatic heterocycles. The number of nitrogens with zero attached hydrogens (tertiary/aromatic N) is 1. The molecule has 1 unspecified atom stereocenters. The second-order valence-electron chi connectivity index (χ2n) is 4.33. The van der Waals surface area contributed by atoms with E-state index in [-0.39, 0.29) is 6.04 Å². The summed E-state index contributed by atoms with van der Waals surface area (Å²) in [6.07, 6.45) is 1.36. The summed E-state index contributed by atoms with van der Waals surface area (Å²) in [5, 5.41) is 10.3. The summed E-state index contributed by atoms with van der Waals surface area (Å²) >= 11 is 4.93. The molecular weight excluding hydrogens is 212 g/mol. The number of rotatable bonds is 4. The number of aliphatic hydroxyl groups is 1. The molecule has 1 aliphatic heterocycles. The number of hydrogen-bond donors (Lipinski definition) is 2. The maximum atomic E-state index is 10.3. The molecule has 0 radical (unpaired) electrons. The van der Waals surface area contributed by atoms with Crippen molar-refractivity contribution in [3.05, 3.63) is 0 Å². The fraction of sp³-hybridized carbons (Fsp3) is 0.900. The van der Waals surface area contributed by atoms with Crippen molar-refractivity contribution in [2.45, 2.75) is 31.4 Å². The third kappa shape index (κ3) is 3.68. The van der Waals surface area contributed by atoms with E-state index in [1.54, 1.807) is 0 Å². The lowest BCUT2D eigenvalue weighted by atomic mass is 9.93. The molecule has 1 aliphatic rings. The summed E-state index contributed by atoms with van der Waals surface area (Å²) in [5.41, 5.74) is 4.92. The maximum absolute atomic E-state index is 10.3. The first kappa shape index (κ1) is 12.8. The van der Waals surface area contributed by atoms with Crippen LogP contribution < -0.4 is 5.73 Å². The van der Waals surface area contributed by atoms with Crippen molar-refractivity contribution < 1.29 is 9.84 Å². The predicted molar refractivity (Wildman–Crippen MR) is 63.9 cm³/mol. The van der Waals surface area contributed by atoms with Crippen molar-refractivity contribution in [3.63, 3.8) is 0 Å². The summed E-state index contributed by atoms with van der Waals surface area (Å²) in [4.78, 5) is 2.46. The van der Waals surface area contributed by atoms with Gasteiger partial charge in [0.15, 0.2) is 0 Å². The Morgan fingerprint density at radius 3 is 2.60 bits per heavy atom. The lowest BCUT2D eigenvalue weighted by molar-refractivity contribution is -0.0781. The molecular formula is C10H20N2O2S. The Bertz CT molecular complexity index is 229. The van der Waals surface area contributed by atoms with Gasteiger partial charge in [-0.2, -0.15) is 0 Å². The number of ether oxygens (including phenoxy) is 1. The van der Waals surface area contributed by atoms with Crippen LogP contribution in [0.4, 0.5) is 0 Å². The van der Waals surface area contributed by atoms with Crippen LogP contribution in [0.2, 0.25) is 0 Å². The highest BCUT2D eigenvalue weighted by molar-refractivity contribution is 7.80. The molecule has 4 nitrogen and oxygen atoms in total. The molecule has 0 aromatic carbocycles. The van der Waals surface area contributed by atoms with E-state index in [4.69, 9.17) is 22.7 Å². The van der Waals surface area contributed by atoms with Gasteiger partial charge in [-0.3, -0.25) is 4.90 Å². The van der Waals surface area contributed by atoms with Crippen LogP contribution in [0.5, 0.6) is 0 Å². The van der Waals surface area contributed by atoms with Gasteiger partial charge in [-0.15, -0.1) is 0 Å². The van der Waals surface area contributed by atoms with Gasteiger partial charge in [-0.05, 0) is 14.0 Å². The average molecular weight is 232 g/mol. The van der Waals surface area contributed by atoms with Crippen molar-refractivity contribution in [1.82, 2.24) is 4.90 Å². The Hall–Kier alpha value is -0.230. The highest BCUT2D eigenvalue weighted by Gasteiger charge is 2.32. The highest BCUT2D eigenvalue weighted by Crippen LogP contribution is 2.21. The lowest BCUT2D eigenvalue weighted by Crippen LogP contribution is -2.50. The van der Waals surface area contributed by atoms with Gasteiger partial charge >= 0.3 is 0 Å². The third-order valence-corrected chi connectivity index (χ3v) is 3.38. The second-order valence-corrected chi connectivity index (χ2v) is 4.80. The molecule has 1 atom stereocenters. The minimum atomic E-state index is -0.647. The van der Waals surface area contributed by atoms with Crippen LogP contribution in [0.1, 0.15) is 19.8 Å². The van der Waals surface area contributed by atoms with Gasteiger partial charge in [0, 0.05) is 32.6 Å². The first-order chi connectivity index (χ1) is 6.94. The molecule has 0 aromatic rings. The van der Waals surface area contributed by atoms with Crippen LogP contribution in [0.15, 0.2) is 0 Å². The van der Waals surface area contributed by atoms with Gasteiger partial charge in [-0.1, -0.05) is 12.2 Å². The van der Waals surface area contributed by atoms with Crippen LogP contribution >= 0.6 is 12.2 Å².